The second-order valence-corrected chi connectivity index (χ2v) is 6.40. The van der Waals surface area contributed by atoms with E-state index >= 15 is 0 Å². The quantitative estimate of drug-likeness (QED) is 0.619. The first-order valence-electron chi connectivity index (χ1n) is 8.31. The van der Waals surface area contributed by atoms with Crippen LogP contribution in [0.5, 0.6) is 5.75 Å². The SMILES string of the molecule is S=C1NCCCN1CCCNCC1CCc2ccccc2O1. The zero-order chi connectivity index (χ0) is 15.2. The van der Waals surface area contributed by atoms with E-state index < -0.39 is 0 Å². The zero-order valence-electron chi connectivity index (χ0n) is 13.0. The van der Waals surface area contributed by atoms with Crippen LogP contribution in [0.4, 0.5) is 0 Å². The second-order valence-electron chi connectivity index (χ2n) is 6.02. The molecule has 2 aliphatic heterocycles. The van der Waals surface area contributed by atoms with Crippen molar-refractivity contribution in [1.82, 2.24) is 15.5 Å². The Labute approximate surface area is 138 Å². The first kappa shape index (κ1) is 15.6. The first-order valence-corrected chi connectivity index (χ1v) is 8.72. The number of nitrogens with one attached hydrogen (secondary N) is 2. The molecule has 22 heavy (non-hydrogen) atoms. The number of rotatable bonds is 6. The Morgan fingerprint density at radius 3 is 3.18 bits per heavy atom. The van der Waals surface area contributed by atoms with Gasteiger partial charge in [-0.3, -0.25) is 0 Å². The number of hydrogen-bond donors (Lipinski definition) is 2. The Morgan fingerprint density at radius 1 is 1.36 bits per heavy atom. The normalized spacial score (nSPS) is 21.0. The van der Waals surface area contributed by atoms with Crippen molar-refractivity contribution < 1.29 is 4.74 Å². The lowest BCUT2D eigenvalue weighted by Crippen LogP contribution is -2.47. The van der Waals surface area contributed by atoms with E-state index in [2.05, 4.69) is 33.7 Å². The molecule has 1 aromatic rings. The van der Waals surface area contributed by atoms with Gasteiger partial charge in [-0.25, -0.2) is 0 Å². The third-order valence-corrected chi connectivity index (χ3v) is 4.73. The number of hydrogen-bond acceptors (Lipinski definition) is 3. The van der Waals surface area contributed by atoms with Crippen molar-refractivity contribution in [3.8, 4) is 5.75 Å². The molecule has 1 saturated heterocycles. The van der Waals surface area contributed by atoms with Crippen LogP contribution < -0.4 is 15.4 Å². The Bertz CT molecular complexity index is 508. The van der Waals surface area contributed by atoms with Crippen LogP contribution in [0.2, 0.25) is 0 Å². The van der Waals surface area contributed by atoms with Gasteiger partial charge in [0.25, 0.3) is 0 Å². The van der Waals surface area contributed by atoms with Crippen molar-refractivity contribution in [2.75, 3.05) is 32.7 Å². The van der Waals surface area contributed by atoms with Crippen LogP contribution in [-0.2, 0) is 6.42 Å². The molecule has 0 radical (unpaired) electrons. The molecular weight excluding hydrogens is 294 g/mol. The van der Waals surface area contributed by atoms with E-state index in [1.165, 1.54) is 12.0 Å². The van der Waals surface area contributed by atoms with Crippen LogP contribution in [-0.4, -0.2) is 48.8 Å². The fraction of sp³-hybridized carbons (Fsp3) is 0.588. The van der Waals surface area contributed by atoms with Crippen molar-refractivity contribution in [3.05, 3.63) is 29.8 Å². The van der Waals surface area contributed by atoms with Crippen molar-refractivity contribution in [3.63, 3.8) is 0 Å². The van der Waals surface area contributed by atoms with Gasteiger partial charge >= 0.3 is 0 Å². The molecule has 0 amide bonds. The molecule has 0 bridgehead atoms. The van der Waals surface area contributed by atoms with Gasteiger partial charge in [-0.15, -0.1) is 0 Å². The molecule has 1 atom stereocenters. The lowest BCUT2D eigenvalue weighted by Gasteiger charge is -2.30. The van der Waals surface area contributed by atoms with Gasteiger partial charge in [0.2, 0.25) is 0 Å². The highest BCUT2D eigenvalue weighted by molar-refractivity contribution is 7.80. The van der Waals surface area contributed by atoms with E-state index in [1.807, 2.05) is 6.07 Å². The molecule has 2 aliphatic rings. The molecule has 2 heterocycles. The second kappa shape index (κ2) is 7.79. The summed E-state index contributed by atoms with van der Waals surface area (Å²) in [5.74, 6) is 1.06. The lowest BCUT2D eigenvalue weighted by atomic mass is 10.0. The first-order chi connectivity index (χ1) is 10.8. The van der Waals surface area contributed by atoms with Crippen molar-refractivity contribution in [1.29, 1.82) is 0 Å². The molecule has 0 aromatic heterocycles. The zero-order valence-corrected chi connectivity index (χ0v) is 13.8. The van der Waals surface area contributed by atoms with Gasteiger partial charge in [0.1, 0.15) is 11.9 Å². The largest absolute Gasteiger partial charge is 0.489 e. The number of aryl methyl sites for hydroxylation is 1. The molecule has 0 saturated carbocycles. The van der Waals surface area contributed by atoms with Crippen LogP contribution in [0.1, 0.15) is 24.8 Å². The van der Waals surface area contributed by atoms with Crippen LogP contribution >= 0.6 is 12.2 Å². The summed E-state index contributed by atoms with van der Waals surface area (Å²) in [6.07, 6.45) is 4.82. The minimum absolute atomic E-state index is 0.299. The van der Waals surface area contributed by atoms with E-state index in [-0.39, 0.29) is 0 Å². The summed E-state index contributed by atoms with van der Waals surface area (Å²) in [5, 5.41) is 7.69. The monoisotopic (exact) mass is 319 g/mol. The number of ether oxygens (including phenoxy) is 1. The average molecular weight is 319 g/mol. The number of fused-ring (bicyclic) bond motifs is 1. The van der Waals surface area contributed by atoms with Gasteiger partial charge < -0.3 is 20.3 Å². The maximum atomic E-state index is 6.04. The Kier molecular flexibility index (Phi) is 5.51. The smallest absolute Gasteiger partial charge is 0.168 e. The van der Waals surface area contributed by atoms with E-state index in [4.69, 9.17) is 17.0 Å². The van der Waals surface area contributed by atoms with Gasteiger partial charge in [0.15, 0.2) is 5.11 Å². The Hall–Kier alpha value is -1.33. The van der Waals surface area contributed by atoms with Gasteiger partial charge in [-0.2, -0.15) is 0 Å². The summed E-state index contributed by atoms with van der Waals surface area (Å²) in [6, 6.07) is 8.37. The highest BCUT2D eigenvalue weighted by Crippen LogP contribution is 2.26. The molecule has 1 fully saturated rings. The van der Waals surface area contributed by atoms with E-state index in [0.717, 1.165) is 62.8 Å². The van der Waals surface area contributed by atoms with Crippen LogP contribution in [0.15, 0.2) is 24.3 Å². The summed E-state index contributed by atoms with van der Waals surface area (Å²) in [4.78, 5) is 2.27. The maximum Gasteiger partial charge on any atom is 0.168 e. The summed E-state index contributed by atoms with van der Waals surface area (Å²) < 4.78 is 6.04. The molecule has 5 heteroatoms. The number of thiocarbonyl (C=S) groups is 1. The number of benzene rings is 1. The van der Waals surface area contributed by atoms with Gasteiger partial charge in [-0.05, 0) is 56.1 Å². The van der Waals surface area contributed by atoms with Crippen molar-refractivity contribution in [2.45, 2.75) is 31.8 Å². The summed E-state index contributed by atoms with van der Waals surface area (Å²) >= 11 is 5.32. The fourth-order valence-corrected chi connectivity index (χ4v) is 3.36. The molecule has 1 unspecified atom stereocenters. The standard InChI is InChI=1S/C17H25N3OS/c22-17-19-10-4-12-20(17)11-3-9-18-13-15-8-7-14-5-1-2-6-16(14)21-15/h1-2,5-6,15,18H,3-4,7-13H2,(H,19,22). The minimum Gasteiger partial charge on any atom is -0.489 e. The molecule has 0 aliphatic carbocycles. The average Bonchev–Trinajstić information content (AvgIpc) is 2.56. The third kappa shape index (κ3) is 4.11. The predicted molar refractivity (Wildman–Crippen MR) is 93.5 cm³/mol. The molecule has 0 spiro atoms. The van der Waals surface area contributed by atoms with Gasteiger partial charge in [0.05, 0.1) is 0 Å². The summed E-state index contributed by atoms with van der Waals surface area (Å²) in [6.45, 7) is 5.09. The van der Waals surface area contributed by atoms with Crippen LogP contribution in [0.25, 0.3) is 0 Å². The highest BCUT2D eigenvalue weighted by Gasteiger charge is 2.18. The van der Waals surface area contributed by atoms with Crippen molar-refractivity contribution in [2.24, 2.45) is 0 Å². The van der Waals surface area contributed by atoms with Crippen LogP contribution in [0, 0.1) is 0 Å². The predicted octanol–water partition coefficient (Wildman–Crippen LogP) is 1.94. The summed E-state index contributed by atoms with van der Waals surface area (Å²) in [5.41, 5.74) is 1.34. The third-order valence-electron chi connectivity index (χ3n) is 4.32. The molecule has 120 valence electrons. The molecule has 3 rings (SSSR count). The van der Waals surface area contributed by atoms with Crippen LogP contribution in [0.3, 0.4) is 0 Å². The Balaban J connectivity index is 1.32. The number of nitrogens with zero attached hydrogens (tertiary/aromatic N) is 1. The summed E-state index contributed by atoms with van der Waals surface area (Å²) in [7, 11) is 0. The lowest BCUT2D eigenvalue weighted by molar-refractivity contribution is 0.170. The fourth-order valence-electron chi connectivity index (χ4n) is 3.07. The van der Waals surface area contributed by atoms with E-state index in [9.17, 15) is 0 Å². The van der Waals surface area contributed by atoms with E-state index in [1.54, 1.807) is 0 Å². The molecule has 4 nitrogen and oxygen atoms in total. The number of para-hydroxylation sites is 1. The molecule has 2 N–H and O–H groups in total. The van der Waals surface area contributed by atoms with Crippen molar-refractivity contribution >= 4 is 17.3 Å². The van der Waals surface area contributed by atoms with Gasteiger partial charge in [-0.1, -0.05) is 18.2 Å². The molecular formula is C17H25N3OS. The molecule has 1 aromatic carbocycles. The highest BCUT2D eigenvalue weighted by atomic mass is 32.1. The van der Waals surface area contributed by atoms with Gasteiger partial charge in [0, 0.05) is 26.2 Å². The minimum atomic E-state index is 0.299. The Morgan fingerprint density at radius 2 is 2.27 bits per heavy atom. The maximum absolute atomic E-state index is 6.04. The topological polar surface area (TPSA) is 36.5 Å². The van der Waals surface area contributed by atoms with E-state index in [0.29, 0.717) is 6.10 Å².